The van der Waals surface area contributed by atoms with Crippen LogP contribution in [0.3, 0.4) is 0 Å². The van der Waals surface area contributed by atoms with Gasteiger partial charge in [0.1, 0.15) is 5.01 Å². The summed E-state index contributed by atoms with van der Waals surface area (Å²) in [5, 5.41) is 14.4. The maximum atomic E-state index is 12.6. The first-order valence-corrected chi connectivity index (χ1v) is 10.1. The molecule has 3 fully saturated rings. The molecule has 4 unspecified atom stereocenters. The number of hydrogen-bond donors (Lipinski definition) is 2. The number of aromatic carboxylic acids is 1. The van der Waals surface area contributed by atoms with Crippen LogP contribution in [0.1, 0.15) is 35.3 Å². The molecule has 0 saturated heterocycles. The van der Waals surface area contributed by atoms with Crippen molar-refractivity contribution in [1.82, 2.24) is 10.3 Å². The number of hydrogen-bond acceptors (Lipinski definition) is 4. The van der Waals surface area contributed by atoms with Gasteiger partial charge in [0.25, 0.3) is 0 Å². The molecule has 26 heavy (non-hydrogen) atoms. The van der Waals surface area contributed by atoms with Crippen molar-refractivity contribution >= 4 is 23.2 Å². The Morgan fingerprint density at radius 1 is 1.23 bits per heavy atom. The van der Waals surface area contributed by atoms with Gasteiger partial charge in [-0.05, 0) is 54.6 Å². The summed E-state index contributed by atoms with van der Waals surface area (Å²) in [6, 6.07) is 7.79. The molecule has 3 aliphatic carbocycles. The summed E-state index contributed by atoms with van der Waals surface area (Å²) in [7, 11) is 0. The molecule has 2 N–H and O–H groups in total. The molecule has 0 aliphatic heterocycles. The van der Waals surface area contributed by atoms with Gasteiger partial charge in [-0.1, -0.05) is 18.2 Å². The number of amides is 1. The Balaban J connectivity index is 1.24. The van der Waals surface area contributed by atoms with Crippen LogP contribution in [0, 0.1) is 29.6 Å². The molecule has 6 heteroatoms. The van der Waals surface area contributed by atoms with Crippen molar-refractivity contribution in [3.8, 4) is 10.6 Å². The highest BCUT2D eigenvalue weighted by atomic mass is 32.1. The molecular formula is C20H20N2O3S. The summed E-state index contributed by atoms with van der Waals surface area (Å²) in [6.07, 6.45) is 4.00. The van der Waals surface area contributed by atoms with Gasteiger partial charge in [0.15, 0.2) is 5.69 Å². The average molecular weight is 368 g/mol. The molecule has 5 nitrogen and oxygen atoms in total. The second-order valence-corrected chi connectivity index (χ2v) is 8.63. The van der Waals surface area contributed by atoms with E-state index >= 15 is 0 Å². The number of fused-ring (bicyclic) bond motifs is 5. The van der Waals surface area contributed by atoms with Crippen LogP contribution in [0.25, 0.3) is 10.6 Å². The van der Waals surface area contributed by atoms with Crippen molar-refractivity contribution in [1.29, 1.82) is 0 Å². The maximum Gasteiger partial charge on any atom is 0.355 e. The van der Waals surface area contributed by atoms with Crippen molar-refractivity contribution in [3.05, 3.63) is 40.9 Å². The third-order valence-electron chi connectivity index (χ3n) is 6.40. The number of carbonyl (C=O) groups excluding carboxylic acids is 1. The summed E-state index contributed by atoms with van der Waals surface area (Å²) in [5.41, 5.74) is 1.96. The molecule has 4 atom stereocenters. The predicted molar refractivity (Wildman–Crippen MR) is 97.7 cm³/mol. The van der Waals surface area contributed by atoms with Gasteiger partial charge in [-0.25, -0.2) is 9.78 Å². The summed E-state index contributed by atoms with van der Waals surface area (Å²) in [6.45, 7) is 0.509. The molecule has 1 aromatic carbocycles. The minimum Gasteiger partial charge on any atom is -0.476 e. The zero-order chi connectivity index (χ0) is 17.8. The van der Waals surface area contributed by atoms with E-state index in [4.69, 9.17) is 5.11 Å². The Morgan fingerprint density at radius 3 is 2.69 bits per heavy atom. The van der Waals surface area contributed by atoms with Gasteiger partial charge in [0, 0.05) is 23.4 Å². The summed E-state index contributed by atoms with van der Waals surface area (Å²) >= 11 is 1.32. The number of carboxylic acid groups (broad SMARTS) is 1. The summed E-state index contributed by atoms with van der Waals surface area (Å²) < 4.78 is 0. The Morgan fingerprint density at radius 2 is 2.00 bits per heavy atom. The third-order valence-corrected chi connectivity index (χ3v) is 7.29. The minimum atomic E-state index is -1.01. The van der Waals surface area contributed by atoms with E-state index in [1.54, 1.807) is 5.38 Å². The highest BCUT2D eigenvalue weighted by Crippen LogP contribution is 2.69. The van der Waals surface area contributed by atoms with Gasteiger partial charge in [-0.3, -0.25) is 4.79 Å². The number of nitrogens with zero attached hydrogens (tertiary/aromatic N) is 1. The Bertz CT molecular complexity index is 877. The molecule has 1 aromatic heterocycles. The number of carbonyl (C=O) groups is 2. The lowest BCUT2D eigenvalue weighted by Gasteiger charge is -2.10. The largest absolute Gasteiger partial charge is 0.476 e. The molecule has 5 rings (SSSR count). The highest BCUT2D eigenvalue weighted by molar-refractivity contribution is 7.13. The zero-order valence-corrected chi connectivity index (χ0v) is 15.0. The zero-order valence-electron chi connectivity index (χ0n) is 14.2. The first kappa shape index (κ1) is 16.0. The third kappa shape index (κ3) is 2.55. The Hall–Kier alpha value is -2.21. The van der Waals surface area contributed by atoms with Crippen LogP contribution >= 0.6 is 11.3 Å². The van der Waals surface area contributed by atoms with Gasteiger partial charge in [-0.15, -0.1) is 11.3 Å². The molecule has 0 spiro atoms. The van der Waals surface area contributed by atoms with Gasteiger partial charge in [-0.2, -0.15) is 0 Å². The number of carboxylic acids is 1. The van der Waals surface area contributed by atoms with Crippen LogP contribution in [0.15, 0.2) is 29.6 Å². The van der Waals surface area contributed by atoms with E-state index in [2.05, 4.69) is 10.3 Å². The second-order valence-electron chi connectivity index (χ2n) is 7.77. The molecular weight excluding hydrogens is 348 g/mol. The smallest absolute Gasteiger partial charge is 0.355 e. The molecule has 134 valence electrons. The van der Waals surface area contributed by atoms with E-state index in [-0.39, 0.29) is 17.5 Å². The lowest BCUT2D eigenvalue weighted by Crippen LogP contribution is -2.27. The van der Waals surface area contributed by atoms with Crippen molar-refractivity contribution < 1.29 is 14.7 Å². The van der Waals surface area contributed by atoms with E-state index in [1.807, 2.05) is 24.3 Å². The van der Waals surface area contributed by atoms with Crippen LogP contribution in [0.4, 0.5) is 0 Å². The molecule has 2 bridgehead atoms. The van der Waals surface area contributed by atoms with Gasteiger partial charge >= 0.3 is 5.97 Å². The van der Waals surface area contributed by atoms with E-state index in [0.717, 1.165) is 23.0 Å². The fourth-order valence-corrected chi connectivity index (χ4v) is 6.09. The number of rotatable bonds is 5. The van der Waals surface area contributed by atoms with Crippen LogP contribution < -0.4 is 5.32 Å². The quantitative estimate of drug-likeness (QED) is 0.848. The van der Waals surface area contributed by atoms with E-state index in [1.165, 1.54) is 30.6 Å². The molecule has 1 amide bonds. The number of benzene rings is 1. The molecule has 3 saturated carbocycles. The topological polar surface area (TPSA) is 79.3 Å². The predicted octanol–water partition coefficient (Wildman–Crippen LogP) is 3.42. The van der Waals surface area contributed by atoms with E-state index in [0.29, 0.717) is 23.4 Å². The Kier molecular flexibility index (Phi) is 3.64. The summed E-state index contributed by atoms with van der Waals surface area (Å²) in [4.78, 5) is 27.7. The van der Waals surface area contributed by atoms with Crippen molar-refractivity contribution in [2.45, 2.75) is 25.8 Å². The standard InChI is InChI=1S/C20H20N2O3S/c23-18(17-15-11-4-5-12(7-11)16(15)17)21-8-10-2-1-3-13(6-10)19-22-14(9-26-19)20(24)25/h1-3,6,9,11-12,15-17H,4-5,7-8H2,(H,21,23)(H,24,25). The van der Waals surface area contributed by atoms with Gasteiger partial charge < -0.3 is 10.4 Å². The number of aromatic nitrogens is 1. The average Bonchev–Trinajstić information content (AvgIpc) is 3.02. The van der Waals surface area contributed by atoms with Crippen LogP contribution in [-0.4, -0.2) is 22.0 Å². The Labute approximate surface area is 155 Å². The van der Waals surface area contributed by atoms with Crippen LogP contribution in [0.2, 0.25) is 0 Å². The van der Waals surface area contributed by atoms with Gasteiger partial charge in [0.05, 0.1) is 0 Å². The number of nitrogens with one attached hydrogen (secondary N) is 1. The van der Waals surface area contributed by atoms with E-state index < -0.39 is 5.97 Å². The molecule has 2 aromatic rings. The fraction of sp³-hybridized carbons (Fsp3) is 0.450. The number of thiazole rings is 1. The molecule has 3 aliphatic rings. The normalized spacial score (nSPS) is 30.8. The highest BCUT2D eigenvalue weighted by Gasteiger charge is 2.67. The van der Waals surface area contributed by atoms with E-state index in [9.17, 15) is 9.59 Å². The van der Waals surface area contributed by atoms with Gasteiger partial charge in [0.2, 0.25) is 5.91 Å². The lowest BCUT2D eigenvalue weighted by atomic mass is 10.0. The van der Waals surface area contributed by atoms with Crippen LogP contribution in [0.5, 0.6) is 0 Å². The van der Waals surface area contributed by atoms with Crippen molar-refractivity contribution in [2.75, 3.05) is 0 Å². The summed E-state index contributed by atoms with van der Waals surface area (Å²) in [5.74, 6) is 2.37. The first-order chi connectivity index (χ1) is 12.6. The molecule has 1 heterocycles. The fourth-order valence-electron chi connectivity index (χ4n) is 5.30. The SMILES string of the molecule is O=C(O)c1csc(-c2cccc(CNC(=O)C3C4C5CCC(C5)C34)c2)n1. The van der Waals surface area contributed by atoms with Crippen molar-refractivity contribution in [3.63, 3.8) is 0 Å². The minimum absolute atomic E-state index is 0.0682. The monoisotopic (exact) mass is 368 g/mol. The van der Waals surface area contributed by atoms with Crippen molar-refractivity contribution in [2.24, 2.45) is 29.6 Å². The lowest BCUT2D eigenvalue weighted by molar-refractivity contribution is -0.123. The van der Waals surface area contributed by atoms with Crippen LogP contribution in [-0.2, 0) is 11.3 Å². The second kappa shape index (κ2) is 5.91. The molecule has 0 radical (unpaired) electrons. The maximum absolute atomic E-state index is 12.6. The first-order valence-electron chi connectivity index (χ1n) is 9.17.